The summed E-state index contributed by atoms with van der Waals surface area (Å²) in [4.78, 5) is 0. The Labute approximate surface area is 439 Å². The molecule has 75 heavy (non-hydrogen) atoms. The Morgan fingerprint density at radius 3 is 1.80 bits per heavy atom. The van der Waals surface area contributed by atoms with E-state index in [1.54, 1.807) is 0 Å². The van der Waals surface area contributed by atoms with Crippen LogP contribution in [-0.4, -0.2) is 232 Å². The summed E-state index contributed by atoms with van der Waals surface area (Å²) in [6, 6.07) is 0. The number of aliphatic hydroxyl groups excluding tert-OH is 14. The van der Waals surface area contributed by atoms with Gasteiger partial charge in [0.05, 0.1) is 44.2 Å². The van der Waals surface area contributed by atoms with Crippen molar-refractivity contribution in [3.8, 4) is 0 Å². The maximum atomic E-state index is 12.8. The van der Waals surface area contributed by atoms with Crippen LogP contribution in [0, 0.1) is 45.3 Å². The lowest BCUT2D eigenvalue weighted by Gasteiger charge is -2.71. The van der Waals surface area contributed by atoms with Gasteiger partial charge in [-0.15, -0.1) is 0 Å². The summed E-state index contributed by atoms with van der Waals surface area (Å²) in [6.07, 6.45) is -22.4. The fourth-order valence-electron chi connectivity index (χ4n) is 16.0. The van der Waals surface area contributed by atoms with Crippen molar-refractivity contribution >= 4 is 0 Å². The Hall–Kier alpha value is -1.14. The fraction of sp³-hybridized carbons (Fsp3) is 0.962. The minimum atomic E-state index is -1.75. The first-order chi connectivity index (χ1) is 35.1. The van der Waals surface area contributed by atoms with Crippen molar-refractivity contribution in [2.24, 2.45) is 45.3 Å². The highest BCUT2D eigenvalue weighted by atomic mass is 16.8. The molecule has 0 radical (unpaired) electrons. The molecule has 4 saturated carbocycles. The highest BCUT2D eigenvalue weighted by Crippen LogP contribution is 2.76. The van der Waals surface area contributed by atoms with Gasteiger partial charge in [0.25, 0.3) is 0 Å². The van der Waals surface area contributed by atoms with E-state index in [1.165, 1.54) is 0 Å². The number of aliphatic hydroxyl groups is 14. The minimum absolute atomic E-state index is 0.0610. The SMILES string of the molecule is CC(C)=CCC[C@](C)(O[C@H]1O[C@@H](CO[C@H]2O[C@H](CO)[C@@H](O)[C@H](O)[C@H]2O)[C@H](O)[C@@H](O)[C@@H]1O)[C@H]1CC[C@]2(C)[C@@H]1[C@H](O)C[C@@H]1[C@@]3(C)CC[C@H](O[C@H]4O[C@H](CO)[C@@H](O)[C@H](O)[C@H]4O[C@H]4OC[C@@H](O)[C@H](O)[C@H]4O)C(C)(C)[C@H]3CC[C@]12C. The molecule has 4 heterocycles. The topological polar surface area (TPSA) is 357 Å². The zero-order chi connectivity index (χ0) is 55.1. The van der Waals surface area contributed by atoms with Crippen LogP contribution in [0.25, 0.3) is 0 Å². The predicted octanol–water partition coefficient (Wildman–Crippen LogP) is -1.56. The van der Waals surface area contributed by atoms with Gasteiger partial charge < -0.3 is 109 Å². The normalized spacial score (nSPS) is 52.7. The first-order valence-electron chi connectivity index (χ1n) is 27.3. The summed E-state index contributed by atoms with van der Waals surface area (Å²) in [5.41, 5.74) is -1.46. The molecule has 14 N–H and O–H groups in total. The summed E-state index contributed by atoms with van der Waals surface area (Å²) >= 11 is 0. The Balaban J connectivity index is 1.01. The van der Waals surface area contributed by atoms with E-state index in [4.69, 9.17) is 37.9 Å². The second-order valence-electron chi connectivity index (χ2n) is 25.3. The second kappa shape index (κ2) is 22.7. The summed E-state index contributed by atoms with van der Waals surface area (Å²) in [6.45, 7) is 15.1. The van der Waals surface area contributed by atoms with Crippen molar-refractivity contribution in [1.29, 1.82) is 0 Å². The van der Waals surface area contributed by atoms with Gasteiger partial charge in [0.1, 0.15) is 91.6 Å². The van der Waals surface area contributed by atoms with Crippen LogP contribution < -0.4 is 0 Å². The average molecular weight is 1080 g/mol. The fourth-order valence-corrected chi connectivity index (χ4v) is 16.0. The number of hydrogen-bond acceptors (Lipinski definition) is 22. The summed E-state index contributed by atoms with van der Waals surface area (Å²) in [5.74, 6) is -0.389. The molecule has 434 valence electrons. The van der Waals surface area contributed by atoms with Gasteiger partial charge in [-0.2, -0.15) is 0 Å². The molecular formula is C53H90O22. The first kappa shape index (κ1) is 60.0. The van der Waals surface area contributed by atoms with Gasteiger partial charge in [0.15, 0.2) is 25.2 Å². The van der Waals surface area contributed by atoms with E-state index in [-0.39, 0.29) is 41.1 Å². The Kier molecular flexibility index (Phi) is 18.1. The first-order valence-corrected chi connectivity index (χ1v) is 27.3. The van der Waals surface area contributed by atoms with E-state index in [2.05, 4.69) is 40.7 Å². The van der Waals surface area contributed by atoms with E-state index in [0.29, 0.717) is 38.5 Å². The molecule has 22 heteroatoms. The van der Waals surface area contributed by atoms with Gasteiger partial charge in [0.2, 0.25) is 0 Å². The van der Waals surface area contributed by atoms with Crippen LogP contribution in [0.15, 0.2) is 11.6 Å². The van der Waals surface area contributed by atoms with E-state index < -0.39 is 165 Å². The maximum absolute atomic E-state index is 12.8. The summed E-state index contributed by atoms with van der Waals surface area (Å²) < 4.78 is 48.8. The van der Waals surface area contributed by atoms with Crippen molar-refractivity contribution < 1.29 is 109 Å². The Bertz CT molecular complexity index is 1940. The minimum Gasteiger partial charge on any atom is -0.394 e. The molecule has 4 aliphatic heterocycles. The van der Waals surface area contributed by atoms with Gasteiger partial charge in [-0.05, 0) is 124 Å². The van der Waals surface area contributed by atoms with Gasteiger partial charge in [-0.1, -0.05) is 46.3 Å². The van der Waals surface area contributed by atoms with Crippen LogP contribution in [0.5, 0.6) is 0 Å². The maximum Gasteiger partial charge on any atom is 0.187 e. The molecule has 8 fully saturated rings. The molecule has 4 aliphatic carbocycles. The summed E-state index contributed by atoms with van der Waals surface area (Å²) in [7, 11) is 0. The predicted molar refractivity (Wildman–Crippen MR) is 260 cm³/mol. The molecule has 0 spiro atoms. The lowest BCUT2D eigenvalue weighted by molar-refractivity contribution is -0.371. The number of ether oxygens (including phenoxy) is 8. The van der Waals surface area contributed by atoms with Crippen molar-refractivity contribution in [2.75, 3.05) is 26.4 Å². The summed E-state index contributed by atoms with van der Waals surface area (Å²) in [5, 5.41) is 151. The van der Waals surface area contributed by atoms with Crippen molar-refractivity contribution in [3.05, 3.63) is 11.6 Å². The average Bonchev–Trinajstić information content (AvgIpc) is 3.75. The zero-order valence-corrected chi connectivity index (χ0v) is 44.7. The monoisotopic (exact) mass is 1080 g/mol. The standard InChI is InChI=1S/C53H90O22/c1-23(2)10-9-14-53(8,75-47-43(67)39(63)37(61)29(72-47)22-69-45-42(66)38(62)35(59)27(19-54)70-45)24-11-16-52(7)33(24)25(56)18-31-50(5)15-13-32(49(3,4)30(50)12-17-51(31,52)6)73-48-44(40(64)36(60)28(20-55)71-48)74-46-41(65)34(58)26(57)21-68-46/h10,24-48,54-67H,9,11-22H2,1-8H3/t24-,25+,26+,27+,28+,29-,30+,31+,32-,33-,34-,35+,36+,37-,38-,39+,40-,41+,42+,43-,44+,45-,46+,47+,48+,50-,51+,52+,53-/m0/s1. The van der Waals surface area contributed by atoms with Crippen LogP contribution in [0.2, 0.25) is 0 Å². The van der Waals surface area contributed by atoms with E-state index in [0.717, 1.165) is 24.8 Å². The quantitative estimate of drug-likeness (QED) is 0.0651. The number of hydrogen-bond donors (Lipinski definition) is 14. The largest absolute Gasteiger partial charge is 0.394 e. The van der Waals surface area contributed by atoms with Crippen molar-refractivity contribution in [1.82, 2.24) is 0 Å². The number of allylic oxidation sites excluding steroid dienone is 2. The van der Waals surface area contributed by atoms with Crippen molar-refractivity contribution in [2.45, 2.75) is 248 Å². The van der Waals surface area contributed by atoms with E-state index in [9.17, 15) is 71.5 Å². The molecule has 0 aromatic rings. The third-order valence-corrected chi connectivity index (χ3v) is 20.5. The Morgan fingerprint density at radius 2 is 1.16 bits per heavy atom. The molecule has 8 rings (SSSR count). The molecule has 29 atom stereocenters. The highest BCUT2D eigenvalue weighted by Gasteiger charge is 2.72. The zero-order valence-electron chi connectivity index (χ0n) is 44.7. The second-order valence-corrected chi connectivity index (χ2v) is 25.3. The molecule has 0 aromatic carbocycles. The van der Waals surface area contributed by atoms with E-state index in [1.807, 2.05) is 20.8 Å². The van der Waals surface area contributed by atoms with Crippen LogP contribution in [0.1, 0.15) is 113 Å². The highest BCUT2D eigenvalue weighted by molar-refractivity contribution is 5.20. The smallest absolute Gasteiger partial charge is 0.187 e. The third-order valence-electron chi connectivity index (χ3n) is 20.5. The number of rotatable bonds is 15. The Morgan fingerprint density at radius 1 is 0.587 bits per heavy atom. The molecule has 0 amide bonds. The van der Waals surface area contributed by atoms with Crippen LogP contribution in [0.4, 0.5) is 0 Å². The molecule has 4 saturated heterocycles. The lowest BCUT2D eigenvalue weighted by atomic mass is 9.35. The number of fused-ring (bicyclic) bond motifs is 5. The van der Waals surface area contributed by atoms with Gasteiger partial charge in [-0.3, -0.25) is 0 Å². The van der Waals surface area contributed by atoms with Crippen LogP contribution in [0.3, 0.4) is 0 Å². The molecule has 8 aliphatic rings. The van der Waals surface area contributed by atoms with E-state index >= 15 is 0 Å². The van der Waals surface area contributed by atoms with Crippen LogP contribution >= 0.6 is 0 Å². The van der Waals surface area contributed by atoms with Crippen molar-refractivity contribution in [3.63, 3.8) is 0 Å². The molecule has 0 aromatic heterocycles. The third kappa shape index (κ3) is 10.6. The van der Waals surface area contributed by atoms with Gasteiger partial charge in [0, 0.05) is 0 Å². The molecule has 22 nitrogen and oxygen atoms in total. The lowest BCUT2D eigenvalue weighted by Crippen LogP contribution is -2.68. The van der Waals surface area contributed by atoms with Crippen LogP contribution in [-0.2, 0) is 37.9 Å². The molecule has 0 bridgehead atoms. The van der Waals surface area contributed by atoms with Gasteiger partial charge >= 0.3 is 0 Å². The van der Waals surface area contributed by atoms with Gasteiger partial charge in [-0.25, -0.2) is 0 Å². The molecule has 0 unspecified atom stereocenters. The molecular weight excluding hydrogens is 989 g/mol.